The zero-order chi connectivity index (χ0) is 22.7. The number of thiophene rings is 1. The van der Waals surface area contributed by atoms with Gasteiger partial charge in [0.2, 0.25) is 5.95 Å². The topological polar surface area (TPSA) is 85.5 Å². The molecule has 2 aromatic carbocycles. The van der Waals surface area contributed by atoms with Crippen LogP contribution in [0.5, 0.6) is 0 Å². The molecule has 0 bridgehead atoms. The first kappa shape index (κ1) is 20.1. The van der Waals surface area contributed by atoms with E-state index in [-0.39, 0.29) is 0 Å². The van der Waals surface area contributed by atoms with Gasteiger partial charge < -0.3 is 15.2 Å². The van der Waals surface area contributed by atoms with Crippen molar-refractivity contribution in [3.63, 3.8) is 0 Å². The lowest BCUT2D eigenvalue weighted by Crippen LogP contribution is -2.06. The Labute approximate surface area is 199 Å². The SMILES string of the molecule is c1ccc(CNc2nc(Nc3ccc(-n4ccnc4)cc3)nc3c2ncn3-c2ccsc2)cc1. The molecule has 0 aliphatic carbocycles. The number of fused-ring (bicyclic) bond motifs is 1. The second-order valence-corrected chi connectivity index (χ2v) is 8.43. The van der Waals surface area contributed by atoms with Gasteiger partial charge in [-0.25, -0.2) is 9.97 Å². The first-order valence-corrected chi connectivity index (χ1v) is 11.7. The molecule has 0 aliphatic heterocycles. The molecule has 0 saturated carbocycles. The molecule has 6 rings (SSSR count). The normalized spacial score (nSPS) is 11.1. The highest BCUT2D eigenvalue weighted by molar-refractivity contribution is 7.08. The largest absolute Gasteiger partial charge is 0.364 e. The molecule has 0 atom stereocenters. The summed E-state index contributed by atoms with van der Waals surface area (Å²) >= 11 is 1.64. The molecule has 0 aliphatic rings. The molecular formula is C25H20N8S. The van der Waals surface area contributed by atoms with Crippen molar-refractivity contribution < 1.29 is 0 Å². The third-order valence-electron chi connectivity index (χ3n) is 5.41. The standard InChI is InChI=1S/C25H20N8S/c1-2-4-18(5-3-1)14-27-23-22-24(33(17-28-22)21-10-13-34-15-21)31-25(30-23)29-19-6-8-20(9-7-19)32-12-11-26-16-32/h1-13,15-17H,14H2,(H2,27,29,30,31). The fourth-order valence-corrected chi connectivity index (χ4v) is 4.33. The summed E-state index contributed by atoms with van der Waals surface area (Å²) in [4.78, 5) is 18.3. The van der Waals surface area contributed by atoms with Gasteiger partial charge in [-0.15, -0.1) is 0 Å². The molecular weight excluding hydrogens is 444 g/mol. The van der Waals surface area contributed by atoms with Crippen molar-refractivity contribution in [3.05, 3.63) is 102 Å². The average Bonchev–Trinajstić information content (AvgIpc) is 3.65. The summed E-state index contributed by atoms with van der Waals surface area (Å²) in [6.45, 7) is 0.636. The van der Waals surface area contributed by atoms with Crippen molar-refractivity contribution in [3.8, 4) is 11.4 Å². The molecule has 4 heterocycles. The van der Waals surface area contributed by atoms with Crippen molar-refractivity contribution >= 4 is 40.0 Å². The Hall–Kier alpha value is -4.50. The van der Waals surface area contributed by atoms with Crippen molar-refractivity contribution in [2.75, 3.05) is 10.6 Å². The Bertz CT molecular complexity index is 1510. The van der Waals surface area contributed by atoms with Gasteiger partial charge in [0, 0.05) is 35.7 Å². The minimum Gasteiger partial charge on any atom is -0.364 e. The molecule has 4 aromatic heterocycles. The van der Waals surface area contributed by atoms with Crippen LogP contribution in [0.25, 0.3) is 22.5 Å². The summed E-state index contributed by atoms with van der Waals surface area (Å²) in [5.74, 6) is 1.18. The van der Waals surface area contributed by atoms with E-state index in [4.69, 9.17) is 9.97 Å². The molecule has 34 heavy (non-hydrogen) atoms. The van der Waals surface area contributed by atoms with E-state index in [2.05, 4.69) is 38.1 Å². The monoisotopic (exact) mass is 464 g/mol. The molecule has 6 aromatic rings. The van der Waals surface area contributed by atoms with Crippen molar-refractivity contribution in [2.24, 2.45) is 0 Å². The summed E-state index contributed by atoms with van der Waals surface area (Å²) in [5.41, 5.74) is 5.57. The molecule has 0 spiro atoms. The quantitative estimate of drug-likeness (QED) is 0.328. The van der Waals surface area contributed by atoms with Crippen LogP contribution in [0.2, 0.25) is 0 Å². The van der Waals surface area contributed by atoms with Crippen LogP contribution in [-0.2, 0) is 6.54 Å². The maximum absolute atomic E-state index is 4.80. The van der Waals surface area contributed by atoms with Crippen LogP contribution < -0.4 is 10.6 Å². The summed E-state index contributed by atoms with van der Waals surface area (Å²) in [6, 6.07) is 20.3. The second-order valence-electron chi connectivity index (χ2n) is 7.65. The number of nitrogens with one attached hydrogen (secondary N) is 2. The van der Waals surface area contributed by atoms with Crippen LogP contribution in [0.4, 0.5) is 17.5 Å². The van der Waals surface area contributed by atoms with Gasteiger partial charge in [0.1, 0.15) is 6.33 Å². The first-order chi connectivity index (χ1) is 16.8. The summed E-state index contributed by atoms with van der Waals surface area (Å²) < 4.78 is 3.94. The van der Waals surface area contributed by atoms with Gasteiger partial charge in [0.05, 0.1) is 12.0 Å². The minimum atomic E-state index is 0.496. The molecule has 2 N–H and O–H groups in total. The Morgan fingerprint density at radius 3 is 2.53 bits per heavy atom. The third kappa shape index (κ3) is 4.00. The zero-order valence-corrected chi connectivity index (χ0v) is 18.9. The van der Waals surface area contributed by atoms with E-state index in [9.17, 15) is 0 Å². The average molecular weight is 465 g/mol. The lowest BCUT2D eigenvalue weighted by Gasteiger charge is -2.11. The van der Waals surface area contributed by atoms with Gasteiger partial charge >= 0.3 is 0 Å². The highest BCUT2D eigenvalue weighted by Gasteiger charge is 2.15. The minimum absolute atomic E-state index is 0.496. The number of anilines is 3. The molecule has 0 saturated heterocycles. The van der Waals surface area contributed by atoms with E-state index < -0.39 is 0 Å². The van der Waals surface area contributed by atoms with Crippen molar-refractivity contribution in [2.45, 2.75) is 6.54 Å². The highest BCUT2D eigenvalue weighted by Crippen LogP contribution is 2.26. The van der Waals surface area contributed by atoms with Crippen molar-refractivity contribution in [1.82, 2.24) is 29.1 Å². The number of imidazole rings is 2. The molecule has 0 amide bonds. The number of rotatable bonds is 7. The molecule has 0 radical (unpaired) electrons. The predicted octanol–water partition coefficient (Wildman–Crippen LogP) is 5.42. The zero-order valence-electron chi connectivity index (χ0n) is 18.0. The first-order valence-electron chi connectivity index (χ1n) is 10.7. The van der Waals surface area contributed by atoms with Crippen LogP contribution >= 0.6 is 11.3 Å². The summed E-state index contributed by atoms with van der Waals surface area (Å²) in [7, 11) is 0. The molecule has 166 valence electrons. The van der Waals surface area contributed by atoms with E-state index in [0.717, 1.165) is 33.8 Å². The fourth-order valence-electron chi connectivity index (χ4n) is 3.70. The number of hydrogen-bond donors (Lipinski definition) is 2. The van der Waals surface area contributed by atoms with Gasteiger partial charge in [-0.2, -0.15) is 21.3 Å². The number of aromatic nitrogens is 6. The Morgan fingerprint density at radius 1 is 0.882 bits per heavy atom. The Kier molecular flexibility index (Phi) is 5.21. The van der Waals surface area contributed by atoms with Crippen LogP contribution in [0.3, 0.4) is 0 Å². The lowest BCUT2D eigenvalue weighted by atomic mass is 10.2. The second kappa shape index (κ2) is 8.80. The van der Waals surface area contributed by atoms with E-state index in [1.807, 2.05) is 69.2 Å². The maximum Gasteiger partial charge on any atom is 0.231 e. The number of benzene rings is 2. The smallest absolute Gasteiger partial charge is 0.231 e. The Balaban J connectivity index is 1.35. The highest BCUT2D eigenvalue weighted by atomic mass is 32.1. The van der Waals surface area contributed by atoms with Gasteiger partial charge in [0.25, 0.3) is 0 Å². The number of hydrogen-bond acceptors (Lipinski definition) is 7. The maximum atomic E-state index is 4.80. The summed E-state index contributed by atoms with van der Waals surface area (Å²) in [6.07, 6.45) is 7.24. The van der Waals surface area contributed by atoms with E-state index in [1.165, 1.54) is 0 Å². The van der Waals surface area contributed by atoms with Crippen molar-refractivity contribution in [1.29, 1.82) is 0 Å². The fraction of sp³-hybridized carbons (Fsp3) is 0.0400. The van der Waals surface area contributed by atoms with Gasteiger partial charge in [-0.05, 0) is 41.3 Å². The predicted molar refractivity (Wildman–Crippen MR) is 135 cm³/mol. The lowest BCUT2D eigenvalue weighted by molar-refractivity contribution is 1.05. The van der Waals surface area contributed by atoms with E-state index in [0.29, 0.717) is 18.3 Å². The van der Waals surface area contributed by atoms with E-state index >= 15 is 0 Å². The third-order valence-corrected chi connectivity index (χ3v) is 6.08. The van der Waals surface area contributed by atoms with Gasteiger partial charge in [-0.3, -0.25) is 4.57 Å². The molecule has 9 heteroatoms. The molecule has 8 nitrogen and oxygen atoms in total. The molecule has 0 fully saturated rings. The van der Waals surface area contributed by atoms with Crippen LogP contribution in [0.15, 0.2) is 96.5 Å². The van der Waals surface area contributed by atoms with Gasteiger partial charge in [0.15, 0.2) is 17.0 Å². The van der Waals surface area contributed by atoms with Crippen LogP contribution in [0, 0.1) is 0 Å². The van der Waals surface area contributed by atoms with E-state index in [1.54, 1.807) is 30.2 Å². The number of nitrogens with zero attached hydrogens (tertiary/aromatic N) is 6. The Morgan fingerprint density at radius 2 is 1.76 bits per heavy atom. The van der Waals surface area contributed by atoms with Crippen LogP contribution in [-0.4, -0.2) is 29.1 Å². The van der Waals surface area contributed by atoms with Crippen LogP contribution in [0.1, 0.15) is 5.56 Å². The summed E-state index contributed by atoms with van der Waals surface area (Å²) in [5, 5.41) is 10.9. The molecule has 0 unspecified atom stereocenters. The van der Waals surface area contributed by atoms with Gasteiger partial charge in [-0.1, -0.05) is 30.3 Å².